The SMILES string of the molecule is Cc1ccc(OCCn2cc(/C=C3\SC(=O)N(CCOc4ccccc4)C3=O)c3cc(Br)ccc32)cc1. The molecule has 1 aliphatic rings. The molecule has 2 amide bonds. The lowest BCUT2D eigenvalue weighted by Crippen LogP contribution is -2.32. The molecule has 1 aromatic heterocycles. The van der Waals surface area contributed by atoms with E-state index in [1.807, 2.05) is 85.9 Å². The van der Waals surface area contributed by atoms with Gasteiger partial charge in [-0.2, -0.15) is 0 Å². The molecule has 37 heavy (non-hydrogen) atoms. The van der Waals surface area contributed by atoms with Gasteiger partial charge in [0.1, 0.15) is 24.7 Å². The number of halogens is 1. The van der Waals surface area contributed by atoms with Crippen LogP contribution in [0.25, 0.3) is 17.0 Å². The normalized spacial score (nSPS) is 14.6. The van der Waals surface area contributed by atoms with Gasteiger partial charge in [-0.05, 0) is 67.2 Å². The number of carbonyl (C=O) groups excluding carboxylic acids is 2. The largest absolute Gasteiger partial charge is 0.492 e. The summed E-state index contributed by atoms with van der Waals surface area (Å²) in [7, 11) is 0. The van der Waals surface area contributed by atoms with Crippen LogP contribution in [0.3, 0.4) is 0 Å². The molecule has 0 spiro atoms. The Morgan fingerprint density at radius 1 is 0.892 bits per heavy atom. The molecule has 8 heteroatoms. The van der Waals surface area contributed by atoms with Gasteiger partial charge in [0.15, 0.2) is 0 Å². The third kappa shape index (κ3) is 5.92. The molecule has 6 nitrogen and oxygen atoms in total. The van der Waals surface area contributed by atoms with Crippen LogP contribution in [0.5, 0.6) is 11.5 Å². The van der Waals surface area contributed by atoms with E-state index < -0.39 is 0 Å². The molecule has 1 saturated heterocycles. The highest BCUT2D eigenvalue weighted by Gasteiger charge is 2.35. The number of carbonyl (C=O) groups is 2. The van der Waals surface area contributed by atoms with Crippen molar-refractivity contribution in [2.75, 3.05) is 19.8 Å². The van der Waals surface area contributed by atoms with Crippen LogP contribution < -0.4 is 9.47 Å². The zero-order chi connectivity index (χ0) is 25.8. The van der Waals surface area contributed by atoms with Crippen molar-refractivity contribution in [2.45, 2.75) is 13.5 Å². The van der Waals surface area contributed by atoms with Gasteiger partial charge < -0.3 is 14.0 Å². The highest BCUT2D eigenvalue weighted by atomic mass is 79.9. The van der Waals surface area contributed by atoms with Crippen molar-refractivity contribution in [1.29, 1.82) is 0 Å². The number of amides is 2. The van der Waals surface area contributed by atoms with Gasteiger partial charge in [-0.3, -0.25) is 14.5 Å². The van der Waals surface area contributed by atoms with Gasteiger partial charge in [-0.25, -0.2) is 0 Å². The van der Waals surface area contributed by atoms with Crippen molar-refractivity contribution in [3.05, 3.63) is 99.5 Å². The molecule has 0 saturated carbocycles. The van der Waals surface area contributed by atoms with Crippen LogP contribution in [-0.4, -0.2) is 40.4 Å². The van der Waals surface area contributed by atoms with E-state index in [2.05, 4.69) is 20.5 Å². The van der Waals surface area contributed by atoms with E-state index >= 15 is 0 Å². The second-order valence-corrected chi connectivity index (χ2v) is 10.5. The monoisotopic (exact) mass is 576 g/mol. The molecule has 0 radical (unpaired) electrons. The quantitative estimate of drug-likeness (QED) is 0.203. The highest BCUT2D eigenvalue weighted by Crippen LogP contribution is 2.34. The number of hydrogen-bond acceptors (Lipinski definition) is 5. The summed E-state index contributed by atoms with van der Waals surface area (Å²) in [5, 5.41) is 0.702. The Labute approximate surface area is 228 Å². The lowest BCUT2D eigenvalue weighted by Gasteiger charge is -2.13. The topological polar surface area (TPSA) is 60.8 Å². The van der Waals surface area contributed by atoms with E-state index in [9.17, 15) is 9.59 Å². The van der Waals surface area contributed by atoms with E-state index in [0.717, 1.165) is 38.5 Å². The van der Waals surface area contributed by atoms with E-state index in [1.54, 1.807) is 6.08 Å². The molecule has 1 fully saturated rings. The molecular formula is C29H25BrN2O4S. The molecule has 4 aromatic rings. The van der Waals surface area contributed by atoms with Crippen molar-refractivity contribution in [3.63, 3.8) is 0 Å². The fourth-order valence-electron chi connectivity index (χ4n) is 4.10. The Kier molecular flexibility index (Phi) is 7.67. The van der Waals surface area contributed by atoms with E-state index in [4.69, 9.17) is 9.47 Å². The molecule has 1 aliphatic heterocycles. The van der Waals surface area contributed by atoms with Crippen LogP contribution in [0, 0.1) is 6.92 Å². The third-order valence-corrected chi connectivity index (χ3v) is 7.38. The summed E-state index contributed by atoms with van der Waals surface area (Å²) in [4.78, 5) is 27.3. The maximum Gasteiger partial charge on any atom is 0.293 e. The van der Waals surface area contributed by atoms with Gasteiger partial charge in [0, 0.05) is 27.1 Å². The summed E-state index contributed by atoms with van der Waals surface area (Å²) in [6, 6.07) is 23.4. The second kappa shape index (κ2) is 11.3. The van der Waals surface area contributed by atoms with Gasteiger partial charge in [0.25, 0.3) is 11.1 Å². The molecule has 3 aromatic carbocycles. The number of hydrogen-bond donors (Lipinski definition) is 0. The first kappa shape index (κ1) is 25.2. The van der Waals surface area contributed by atoms with Crippen LogP contribution in [0.15, 0.2) is 88.4 Å². The third-order valence-electron chi connectivity index (χ3n) is 5.98. The van der Waals surface area contributed by atoms with E-state index in [-0.39, 0.29) is 24.3 Å². The van der Waals surface area contributed by atoms with Gasteiger partial charge in [0.2, 0.25) is 0 Å². The Morgan fingerprint density at radius 3 is 2.35 bits per heavy atom. The van der Waals surface area contributed by atoms with Crippen molar-refractivity contribution in [3.8, 4) is 11.5 Å². The number of nitrogens with zero attached hydrogens (tertiary/aromatic N) is 2. The predicted octanol–water partition coefficient (Wildman–Crippen LogP) is 6.91. The first-order chi connectivity index (χ1) is 18.0. The molecule has 188 valence electrons. The molecule has 0 unspecified atom stereocenters. The smallest absolute Gasteiger partial charge is 0.293 e. The average molecular weight is 578 g/mol. The Balaban J connectivity index is 1.31. The van der Waals surface area contributed by atoms with E-state index in [0.29, 0.717) is 23.8 Å². The summed E-state index contributed by atoms with van der Waals surface area (Å²) < 4.78 is 14.7. The maximum atomic E-state index is 13.0. The van der Waals surface area contributed by atoms with Crippen LogP contribution in [0.4, 0.5) is 4.79 Å². The zero-order valence-corrected chi connectivity index (χ0v) is 22.6. The lowest BCUT2D eigenvalue weighted by atomic mass is 10.1. The summed E-state index contributed by atoms with van der Waals surface area (Å²) in [5.74, 6) is 1.23. The van der Waals surface area contributed by atoms with Crippen LogP contribution in [0.2, 0.25) is 0 Å². The number of aromatic nitrogens is 1. The first-order valence-corrected chi connectivity index (χ1v) is 13.5. The Morgan fingerprint density at radius 2 is 1.59 bits per heavy atom. The van der Waals surface area contributed by atoms with E-state index in [1.165, 1.54) is 10.5 Å². The number of ether oxygens (including phenoxy) is 2. The Hall–Kier alpha value is -3.49. The molecule has 5 rings (SSSR count). The molecular weight excluding hydrogens is 552 g/mol. The maximum absolute atomic E-state index is 13.0. The first-order valence-electron chi connectivity index (χ1n) is 11.9. The van der Waals surface area contributed by atoms with Crippen molar-refractivity contribution in [2.24, 2.45) is 0 Å². The molecule has 0 atom stereocenters. The zero-order valence-electron chi connectivity index (χ0n) is 20.2. The van der Waals surface area contributed by atoms with Gasteiger partial charge in [-0.15, -0.1) is 0 Å². The minimum Gasteiger partial charge on any atom is -0.492 e. The van der Waals surface area contributed by atoms with Crippen molar-refractivity contribution >= 4 is 55.8 Å². The van der Waals surface area contributed by atoms with Gasteiger partial charge >= 0.3 is 0 Å². The van der Waals surface area contributed by atoms with Crippen LogP contribution in [0.1, 0.15) is 11.1 Å². The molecule has 2 heterocycles. The number of rotatable bonds is 9. The van der Waals surface area contributed by atoms with Crippen LogP contribution >= 0.6 is 27.7 Å². The molecule has 0 aliphatic carbocycles. The fraction of sp³-hybridized carbons (Fsp3) is 0.172. The summed E-state index contributed by atoms with van der Waals surface area (Å²) in [6.45, 7) is 3.62. The van der Waals surface area contributed by atoms with Crippen LogP contribution in [-0.2, 0) is 11.3 Å². The number of imide groups is 1. The van der Waals surface area contributed by atoms with Crippen molar-refractivity contribution < 1.29 is 19.1 Å². The van der Waals surface area contributed by atoms with Gasteiger partial charge in [0.05, 0.1) is 18.0 Å². The predicted molar refractivity (Wildman–Crippen MR) is 151 cm³/mol. The summed E-state index contributed by atoms with van der Waals surface area (Å²) >= 11 is 4.51. The Bertz CT molecular complexity index is 1460. The summed E-state index contributed by atoms with van der Waals surface area (Å²) in [6.07, 6.45) is 3.80. The fourth-order valence-corrected chi connectivity index (χ4v) is 5.32. The summed E-state index contributed by atoms with van der Waals surface area (Å²) in [5.41, 5.74) is 3.09. The highest BCUT2D eigenvalue weighted by molar-refractivity contribution is 9.10. The number of para-hydroxylation sites is 1. The minimum atomic E-state index is -0.301. The molecule has 0 N–H and O–H groups in total. The second-order valence-electron chi connectivity index (χ2n) is 8.60. The number of aryl methyl sites for hydroxylation is 1. The molecule has 0 bridgehead atoms. The number of benzene rings is 3. The lowest BCUT2D eigenvalue weighted by molar-refractivity contribution is -0.123. The standard InChI is InChI=1S/C29H25BrN2O4S/c1-20-7-10-24(11-8-20)35-15-13-31-19-21(25-18-22(30)9-12-26(25)31)17-27-28(33)32(29(34)37-27)14-16-36-23-5-3-2-4-6-23/h2-12,17-19H,13-16H2,1H3/b27-17-. The average Bonchev–Trinajstić information content (AvgIpc) is 3.37. The number of fused-ring (bicyclic) bond motifs is 1. The van der Waals surface area contributed by atoms with Gasteiger partial charge in [-0.1, -0.05) is 51.8 Å². The minimum absolute atomic E-state index is 0.195. The number of thioether (sulfide) groups is 1. The van der Waals surface area contributed by atoms with Crippen molar-refractivity contribution in [1.82, 2.24) is 9.47 Å².